The Balaban J connectivity index is 0.000000172. The summed E-state index contributed by atoms with van der Waals surface area (Å²) in [6.45, 7) is 3.44. The molecule has 0 saturated carbocycles. The number of rotatable bonds is 2. The van der Waals surface area contributed by atoms with Crippen molar-refractivity contribution in [2.75, 3.05) is 25.4 Å². The van der Waals surface area contributed by atoms with E-state index in [0.29, 0.717) is 12.2 Å². The Kier molecular flexibility index (Phi) is 5.55. The topological polar surface area (TPSA) is 90.2 Å². The molecule has 1 saturated heterocycles. The van der Waals surface area contributed by atoms with E-state index >= 15 is 0 Å². The van der Waals surface area contributed by atoms with Crippen molar-refractivity contribution in [3.8, 4) is 0 Å². The molecule has 0 aromatic rings. The van der Waals surface area contributed by atoms with Crippen LogP contribution in [0.25, 0.3) is 0 Å². The van der Waals surface area contributed by atoms with Gasteiger partial charge in [-0.25, -0.2) is 9.59 Å². The standard InChI is InChI=1S/C6H10N2S.C4H4O4/c1-3-8-4-2-7-6(8)9-5-1;5-3(6)1-2-4(7)8/h1-5H2;1-2H,(H,5,6)(H,7,8)/b;2-1+. The van der Waals surface area contributed by atoms with Crippen molar-refractivity contribution in [3.05, 3.63) is 12.2 Å². The first kappa shape index (κ1) is 13.6. The molecule has 0 bridgehead atoms. The number of thioether (sulfide) groups is 1. The van der Waals surface area contributed by atoms with Gasteiger partial charge in [-0.2, -0.15) is 0 Å². The molecule has 2 heterocycles. The summed E-state index contributed by atoms with van der Waals surface area (Å²) < 4.78 is 0. The van der Waals surface area contributed by atoms with Gasteiger partial charge in [0.15, 0.2) is 5.17 Å². The maximum absolute atomic E-state index is 9.55. The van der Waals surface area contributed by atoms with Crippen LogP contribution in [0, 0.1) is 0 Å². The Morgan fingerprint density at radius 1 is 1.24 bits per heavy atom. The van der Waals surface area contributed by atoms with Crippen LogP contribution in [0.15, 0.2) is 17.1 Å². The first-order valence-corrected chi connectivity index (χ1v) is 6.14. The lowest BCUT2D eigenvalue weighted by Crippen LogP contribution is -2.30. The highest BCUT2D eigenvalue weighted by Gasteiger charge is 2.19. The van der Waals surface area contributed by atoms with Crippen LogP contribution in [0.5, 0.6) is 0 Å². The fraction of sp³-hybridized carbons (Fsp3) is 0.500. The van der Waals surface area contributed by atoms with Crippen LogP contribution in [0.3, 0.4) is 0 Å². The predicted octanol–water partition coefficient (Wildman–Crippen LogP) is 0.507. The second kappa shape index (κ2) is 6.95. The maximum atomic E-state index is 9.55. The minimum absolute atomic E-state index is 0.558. The summed E-state index contributed by atoms with van der Waals surface area (Å²) in [6.07, 6.45) is 2.45. The zero-order valence-electron chi connectivity index (χ0n) is 9.20. The third kappa shape index (κ3) is 5.39. The van der Waals surface area contributed by atoms with Crippen LogP contribution in [-0.4, -0.2) is 57.6 Å². The summed E-state index contributed by atoms with van der Waals surface area (Å²) >= 11 is 1.91. The lowest BCUT2D eigenvalue weighted by atomic mass is 10.4. The van der Waals surface area contributed by atoms with Crippen molar-refractivity contribution in [2.45, 2.75) is 6.42 Å². The second-order valence-corrected chi connectivity index (χ2v) is 4.43. The van der Waals surface area contributed by atoms with E-state index in [-0.39, 0.29) is 0 Å². The molecular formula is C10H14N2O4S. The SMILES string of the molecule is C1CSC2=NCCN2C1.O=C(O)/C=C/C(=O)O. The molecule has 2 aliphatic rings. The molecule has 2 N–H and O–H groups in total. The quantitative estimate of drug-likeness (QED) is 0.701. The number of nitrogens with zero attached hydrogens (tertiary/aromatic N) is 2. The van der Waals surface area contributed by atoms with Gasteiger partial charge >= 0.3 is 11.9 Å². The third-order valence-corrected chi connectivity index (χ3v) is 3.20. The van der Waals surface area contributed by atoms with Gasteiger partial charge < -0.3 is 15.1 Å². The zero-order chi connectivity index (χ0) is 12.7. The number of carboxylic acids is 2. The smallest absolute Gasteiger partial charge is 0.328 e. The van der Waals surface area contributed by atoms with Gasteiger partial charge in [0.1, 0.15) is 0 Å². The summed E-state index contributed by atoms with van der Waals surface area (Å²) in [6, 6.07) is 0. The molecule has 7 heteroatoms. The normalized spacial score (nSPS) is 18.1. The van der Waals surface area contributed by atoms with Crippen molar-refractivity contribution in [2.24, 2.45) is 4.99 Å². The maximum Gasteiger partial charge on any atom is 0.328 e. The Hall–Kier alpha value is -1.50. The van der Waals surface area contributed by atoms with Crippen LogP contribution in [0.1, 0.15) is 6.42 Å². The fourth-order valence-corrected chi connectivity index (χ4v) is 2.37. The molecule has 6 nitrogen and oxygen atoms in total. The Morgan fingerprint density at radius 3 is 2.41 bits per heavy atom. The van der Waals surface area contributed by atoms with E-state index in [2.05, 4.69) is 9.89 Å². The Morgan fingerprint density at radius 2 is 1.88 bits per heavy atom. The average molecular weight is 258 g/mol. The minimum Gasteiger partial charge on any atom is -0.478 e. The van der Waals surface area contributed by atoms with E-state index in [9.17, 15) is 9.59 Å². The molecule has 0 amide bonds. The van der Waals surface area contributed by atoms with Gasteiger partial charge in [-0.05, 0) is 6.42 Å². The number of amidine groups is 1. The molecular weight excluding hydrogens is 244 g/mol. The highest BCUT2D eigenvalue weighted by Crippen LogP contribution is 2.20. The van der Waals surface area contributed by atoms with Crippen molar-refractivity contribution in [3.63, 3.8) is 0 Å². The van der Waals surface area contributed by atoms with Gasteiger partial charge in [0.05, 0.1) is 6.54 Å². The molecule has 2 aliphatic heterocycles. The van der Waals surface area contributed by atoms with Gasteiger partial charge in [-0.15, -0.1) is 0 Å². The van der Waals surface area contributed by atoms with E-state index in [4.69, 9.17) is 10.2 Å². The molecule has 1 fully saturated rings. The summed E-state index contributed by atoms with van der Waals surface area (Å²) in [7, 11) is 0. The van der Waals surface area contributed by atoms with Gasteiger partial charge in [0, 0.05) is 31.0 Å². The van der Waals surface area contributed by atoms with Crippen LogP contribution < -0.4 is 0 Å². The number of fused-ring (bicyclic) bond motifs is 1. The fourth-order valence-electron chi connectivity index (χ4n) is 1.37. The van der Waals surface area contributed by atoms with Crippen molar-refractivity contribution in [1.82, 2.24) is 4.90 Å². The van der Waals surface area contributed by atoms with Crippen molar-refractivity contribution < 1.29 is 19.8 Å². The van der Waals surface area contributed by atoms with E-state index in [1.807, 2.05) is 11.8 Å². The summed E-state index contributed by atoms with van der Waals surface area (Å²) in [5.74, 6) is -1.24. The molecule has 0 aromatic heterocycles. The third-order valence-electron chi connectivity index (χ3n) is 2.06. The average Bonchev–Trinajstić information content (AvgIpc) is 2.75. The molecule has 0 aliphatic carbocycles. The number of hydrogen-bond acceptors (Lipinski definition) is 5. The summed E-state index contributed by atoms with van der Waals surface area (Å²) in [5.41, 5.74) is 0. The van der Waals surface area contributed by atoms with E-state index in [1.54, 1.807) is 0 Å². The monoisotopic (exact) mass is 258 g/mol. The van der Waals surface area contributed by atoms with Gasteiger partial charge in [0.2, 0.25) is 0 Å². The zero-order valence-corrected chi connectivity index (χ0v) is 10.0. The van der Waals surface area contributed by atoms with E-state index in [0.717, 1.165) is 6.54 Å². The molecule has 2 rings (SSSR count). The van der Waals surface area contributed by atoms with Crippen molar-refractivity contribution >= 4 is 28.9 Å². The molecule has 0 radical (unpaired) electrons. The largest absolute Gasteiger partial charge is 0.478 e. The van der Waals surface area contributed by atoms with E-state index < -0.39 is 11.9 Å². The van der Waals surface area contributed by atoms with Gasteiger partial charge in [-0.3, -0.25) is 4.99 Å². The van der Waals surface area contributed by atoms with Crippen molar-refractivity contribution in [1.29, 1.82) is 0 Å². The van der Waals surface area contributed by atoms with Gasteiger partial charge in [-0.1, -0.05) is 11.8 Å². The number of hydrogen-bond donors (Lipinski definition) is 2. The first-order chi connectivity index (χ1) is 8.09. The summed E-state index contributed by atoms with van der Waals surface area (Å²) in [4.78, 5) is 25.9. The van der Waals surface area contributed by atoms with E-state index in [1.165, 1.54) is 30.4 Å². The Bertz CT molecular complexity index is 338. The van der Waals surface area contributed by atoms with Gasteiger partial charge in [0.25, 0.3) is 0 Å². The van der Waals surface area contributed by atoms with Crippen LogP contribution in [-0.2, 0) is 9.59 Å². The highest BCUT2D eigenvalue weighted by atomic mass is 32.2. The second-order valence-electron chi connectivity index (χ2n) is 3.36. The molecule has 0 aromatic carbocycles. The van der Waals surface area contributed by atoms with Crippen LogP contribution >= 0.6 is 11.8 Å². The molecule has 0 unspecified atom stereocenters. The van der Waals surface area contributed by atoms with Crippen LogP contribution in [0.2, 0.25) is 0 Å². The number of carboxylic acid groups (broad SMARTS) is 2. The first-order valence-electron chi connectivity index (χ1n) is 5.15. The predicted molar refractivity (Wildman–Crippen MR) is 65.4 cm³/mol. The highest BCUT2D eigenvalue weighted by molar-refractivity contribution is 8.13. The number of carbonyl (C=O) groups is 2. The number of aliphatic imine (C=N–C) groups is 1. The van der Waals surface area contributed by atoms with Crippen LogP contribution in [0.4, 0.5) is 0 Å². The lowest BCUT2D eigenvalue weighted by Gasteiger charge is -2.23. The minimum atomic E-state index is -1.26. The number of aliphatic carboxylic acids is 2. The molecule has 94 valence electrons. The lowest BCUT2D eigenvalue weighted by molar-refractivity contribution is -0.134. The molecule has 0 atom stereocenters. The molecule has 17 heavy (non-hydrogen) atoms. The summed E-state index contributed by atoms with van der Waals surface area (Å²) in [5, 5.41) is 16.9. The Labute approximate surface area is 103 Å². The molecule has 0 spiro atoms.